The summed E-state index contributed by atoms with van der Waals surface area (Å²) in [5, 5.41) is 3.66. The van der Waals surface area contributed by atoms with Crippen LogP contribution in [-0.4, -0.2) is 48.8 Å². The average molecular weight is 254 g/mol. The maximum absolute atomic E-state index is 5.79. The SMILES string of the molecule is CCC1COC(C)CN1C(C)C(C)CNC1CC1. The molecule has 4 unspecified atom stereocenters. The van der Waals surface area contributed by atoms with Crippen LogP contribution in [0.25, 0.3) is 0 Å². The van der Waals surface area contributed by atoms with Crippen molar-refractivity contribution in [3.63, 3.8) is 0 Å². The van der Waals surface area contributed by atoms with Gasteiger partial charge in [0.05, 0.1) is 12.7 Å². The second-order valence-corrected chi connectivity index (χ2v) is 6.30. The van der Waals surface area contributed by atoms with E-state index in [2.05, 4.69) is 37.9 Å². The van der Waals surface area contributed by atoms with Crippen molar-refractivity contribution in [3.8, 4) is 0 Å². The lowest BCUT2D eigenvalue weighted by Crippen LogP contribution is -2.54. The first-order valence-corrected chi connectivity index (χ1v) is 7.72. The van der Waals surface area contributed by atoms with E-state index in [9.17, 15) is 0 Å². The van der Waals surface area contributed by atoms with Crippen LogP contribution in [0.5, 0.6) is 0 Å². The van der Waals surface area contributed by atoms with E-state index in [1.54, 1.807) is 0 Å². The molecular weight excluding hydrogens is 224 g/mol. The molecule has 2 aliphatic rings. The number of ether oxygens (including phenoxy) is 1. The standard InChI is InChI=1S/C15H30N2O/c1-5-15-10-18-12(3)9-17(15)13(4)11(2)8-16-14-6-7-14/h11-16H,5-10H2,1-4H3. The Bertz CT molecular complexity index is 255. The summed E-state index contributed by atoms with van der Waals surface area (Å²) in [5.74, 6) is 0.713. The third kappa shape index (κ3) is 3.69. The van der Waals surface area contributed by atoms with Gasteiger partial charge < -0.3 is 10.1 Å². The second kappa shape index (κ2) is 6.36. The number of rotatable bonds is 6. The highest BCUT2D eigenvalue weighted by atomic mass is 16.5. The van der Waals surface area contributed by atoms with Gasteiger partial charge in [-0.15, -0.1) is 0 Å². The van der Waals surface area contributed by atoms with Gasteiger partial charge in [-0.2, -0.15) is 0 Å². The van der Waals surface area contributed by atoms with Crippen molar-refractivity contribution in [2.45, 2.75) is 71.2 Å². The van der Waals surface area contributed by atoms with Gasteiger partial charge in [0.25, 0.3) is 0 Å². The van der Waals surface area contributed by atoms with Crippen molar-refractivity contribution in [3.05, 3.63) is 0 Å². The van der Waals surface area contributed by atoms with Crippen LogP contribution in [0, 0.1) is 5.92 Å². The summed E-state index contributed by atoms with van der Waals surface area (Å²) < 4.78 is 5.79. The Labute approximate surface area is 112 Å². The molecule has 4 atom stereocenters. The number of nitrogens with one attached hydrogen (secondary N) is 1. The summed E-state index contributed by atoms with van der Waals surface area (Å²) in [5.41, 5.74) is 0. The zero-order valence-corrected chi connectivity index (χ0v) is 12.5. The molecule has 1 saturated heterocycles. The van der Waals surface area contributed by atoms with Gasteiger partial charge in [-0.3, -0.25) is 4.90 Å². The summed E-state index contributed by atoms with van der Waals surface area (Å²) in [7, 11) is 0. The summed E-state index contributed by atoms with van der Waals surface area (Å²) in [6, 6.07) is 2.08. The van der Waals surface area contributed by atoms with E-state index >= 15 is 0 Å². The zero-order valence-electron chi connectivity index (χ0n) is 12.5. The molecule has 1 aliphatic heterocycles. The smallest absolute Gasteiger partial charge is 0.0674 e. The molecule has 0 radical (unpaired) electrons. The highest BCUT2D eigenvalue weighted by molar-refractivity contribution is 4.87. The van der Waals surface area contributed by atoms with E-state index in [0.29, 0.717) is 24.1 Å². The van der Waals surface area contributed by atoms with Crippen molar-refractivity contribution < 1.29 is 4.74 Å². The average Bonchev–Trinajstić information content (AvgIpc) is 3.19. The van der Waals surface area contributed by atoms with Crippen LogP contribution in [0.1, 0.15) is 47.0 Å². The minimum atomic E-state index is 0.388. The number of nitrogens with zero attached hydrogens (tertiary/aromatic N) is 1. The first-order chi connectivity index (χ1) is 8.61. The zero-order chi connectivity index (χ0) is 13.1. The molecule has 3 heteroatoms. The second-order valence-electron chi connectivity index (χ2n) is 6.30. The van der Waals surface area contributed by atoms with Crippen molar-refractivity contribution in [2.75, 3.05) is 19.7 Å². The van der Waals surface area contributed by atoms with E-state index in [1.165, 1.54) is 19.3 Å². The van der Waals surface area contributed by atoms with E-state index in [-0.39, 0.29) is 0 Å². The van der Waals surface area contributed by atoms with E-state index < -0.39 is 0 Å². The number of hydrogen-bond donors (Lipinski definition) is 1. The normalized spacial score (nSPS) is 33.3. The summed E-state index contributed by atoms with van der Waals surface area (Å²) in [4.78, 5) is 2.67. The van der Waals surface area contributed by atoms with Gasteiger partial charge in [0, 0.05) is 24.7 Å². The van der Waals surface area contributed by atoms with Gasteiger partial charge >= 0.3 is 0 Å². The molecule has 0 aromatic rings. The molecule has 106 valence electrons. The Hall–Kier alpha value is -0.120. The van der Waals surface area contributed by atoms with Gasteiger partial charge in [0.2, 0.25) is 0 Å². The van der Waals surface area contributed by atoms with E-state index in [0.717, 1.165) is 25.7 Å². The maximum atomic E-state index is 5.79. The van der Waals surface area contributed by atoms with Gasteiger partial charge in [0.1, 0.15) is 0 Å². The van der Waals surface area contributed by atoms with Crippen molar-refractivity contribution in [1.82, 2.24) is 10.2 Å². The lowest BCUT2D eigenvalue weighted by Gasteiger charge is -2.44. The predicted molar refractivity (Wildman–Crippen MR) is 75.8 cm³/mol. The number of morpholine rings is 1. The third-order valence-corrected chi connectivity index (χ3v) is 4.63. The maximum Gasteiger partial charge on any atom is 0.0674 e. The van der Waals surface area contributed by atoms with Gasteiger partial charge in [0.15, 0.2) is 0 Å². The molecule has 0 amide bonds. The molecule has 3 nitrogen and oxygen atoms in total. The molecule has 1 heterocycles. The monoisotopic (exact) mass is 254 g/mol. The molecular formula is C15H30N2O. The minimum Gasteiger partial charge on any atom is -0.376 e. The largest absolute Gasteiger partial charge is 0.376 e. The fraction of sp³-hybridized carbons (Fsp3) is 1.00. The topological polar surface area (TPSA) is 24.5 Å². The van der Waals surface area contributed by atoms with Crippen molar-refractivity contribution in [2.24, 2.45) is 5.92 Å². The molecule has 0 spiro atoms. The van der Waals surface area contributed by atoms with Gasteiger partial charge in [-0.05, 0) is 45.6 Å². The highest BCUT2D eigenvalue weighted by Gasteiger charge is 2.32. The molecule has 0 aromatic heterocycles. The van der Waals surface area contributed by atoms with Gasteiger partial charge in [-0.25, -0.2) is 0 Å². The van der Waals surface area contributed by atoms with Crippen LogP contribution in [0.15, 0.2) is 0 Å². The molecule has 2 rings (SSSR count). The summed E-state index contributed by atoms with van der Waals surface area (Å²) in [6.07, 6.45) is 4.35. The molecule has 2 fully saturated rings. The fourth-order valence-corrected chi connectivity index (χ4v) is 2.86. The predicted octanol–water partition coefficient (Wildman–Crippen LogP) is 2.26. The van der Waals surface area contributed by atoms with Crippen LogP contribution >= 0.6 is 0 Å². The first-order valence-electron chi connectivity index (χ1n) is 7.72. The summed E-state index contributed by atoms with van der Waals surface area (Å²) in [6.45, 7) is 12.4. The Kier molecular flexibility index (Phi) is 5.05. The molecule has 1 aliphatic carbocycles. The van der Waals surface area contributed by atoms with E-state index in [4.69, 9.17) is 4.74 Å². The van der Waals surface area contributed by atoms with Crippen LogP contribution in [0.2, 0.25) is 0 Å². The van der Waals surface area contributed by atoms with Gasteiger partial charge in [-0.1, -0.05) is 13.8 Å². The Morgan fingerprint density at radius 3 is 2.67 bits per heavy atom. The fourth-order valence-electron chi connectivity index (χ4n) is 2.86. The molecule has 0 bridgehead atoms. The minimum absolute atomic E-state index is 0.388. The van der Waals surface area contributed by atoms with Crippen LogP contribution < -0.4 is 5.32 Å². The Morgan fingerprint density at radius 1 is 1.33 bits per heavy atom. The Balaban J connectivity index is 1.84. The lowest BCUT2D eigenvalue weighted by atomic mass is 9.98. The van der Waals surface area contributed by atoms with Crippen LogP contribution in [0.3, 0.4) is 0 Å². The third-order valence-electron chi connectivity index (χ3n) is 4.63. The van der Waals surface area contributed by atoms with E-state index in [1.807, 2.05) is 0 Å². The van der Waals surface area contributed by atoms with Crippen LogP contribution in [0.4, 0.5) is 0 Å². The Morgan fingerprint density at radius 2 is 2.06 bits per heavy atom. The quantitative estimate of drug-likeness (QED) is 0.787. The number of hydrogen-bond acceptors (Lipinski definition) is 3. The molecule has 18 heavy (non-hydrogen) atoms. The molecule has 1 N–H and O–H groups in total. The molecule has 0 aromatic carbocycles. The summed E-state index contributed by atoms with van der Waals surface area (Å²) >= 11 is 0. The van der Waals surface area contributed by atoms with Crippen LogP contribution in [-0.2, 0) is 4.74 Å². The first kappa shape index (κ1) is 14.3. The highest BCUT2D eigenvalue weighted by Crippen LogP contribution is 2.23. The van der Waals surface area contributed by atoms with Crippen molar-refractivity contribution >= 4 is 0 Å². The van der Waals surface area contributed by atoms with Crippen molar-refractivity contribution in [1.29, 1.82) is 0 Å². The lowest BCUT2D eigenvalue weighted by molar-refractivity contribution is -0.0770. The molecule has 1 saturated carbocycles.